The van der Waals surface area contributed by atoms with E-state index < -0.39 is 19.9 Å². The van der Waals surface area contributed by atoms with Crippen LogP contribution < -0.4 is 0 Å². The molecule has 2 atom stereocenters. The number of aliphatic imine (C=N–C) groups is 2. The smallest absolute Gasteiger partial charge is 0 e. The van der Waals surface area contributed by atoms with Gasteiger partial charge in [0.2, 0.25) is 0 Å². The third-order valence-electron chi connectivity index (χ3n) is 14.8. The van der Waals surface area contributed by atoms with Crippen LogP contribution in [0.2, 0.25) is 0 Å². The van der Waals surface area contributed by atoms with Gasteiger partial charge in [0, 0.05) is 62.9 Å². The first-order valence-corrected chi connectivity index (χ1v) is 29.1. The number of benzene rings is 12. The summed E-state index contributed by atoms with van der Waals surface area (Å²) < 4.78 is 59.2. The summed E-state index contributed by atoms with van der Waals surface area (Å²) in [6.45, 7) is 8.48. The van der Waals surface area contributed by atoms with Gasteiger partial charge in [-0.2, -0.15) is 0 Å². The molecule has 12 aromatic rings. The van der Waals surface area contributed by atoms with Crippen molar-refractivity contribution in [1.82, 2.24) is 0 Å². The number of phenolic OH excluding ortho intramolecular Hbond substituents is 2. The maximum Gasteiger partial charge on any atom is 0 e. The van der Waals surface area contributed by atoms with E-state index in [9.17, 15) is 35.4 Å². The first-order valence-electron chi connectivity index (χ1n) is 27.1. The van der Waals surface area contributed by atoms with Crippen molar-refractivity contribution in [2.24, 2.45) is 9.98 Å². The van der Waals surface area contributed by atoms with Gasteiger partial charge in [-0.15, -0.1) is 0 Å². The Morgan fingerprint density at radius 2 is 0.631 bits per heavy atom. The number of rotatable bonds is 11. The van der Waals surface area contributed by atoms with Crippen LogP contribution in [-0.2, 0) is 17.1 Å². The van der Waals surface area contributed by atoms with Crippen LogP contribution in [0.5, 0.6) is 11.5 Å². The second kappa shape index (κ2) is 22.7. The molecule has 0 spiro atoms. The Bertz CT molecular complexity index is 4210. The van der Waals surface area contributed by atoms with E-state index >= 15 is 0 Å². The molecule has 421 valence electrons. The number of halogens is 6. The van der Waals surface area contributed by atoms with Crippen molar-refractivity contribution in [3.05, 3.63) is 275 Å². The van der Waals surface area contributed by atoms with Gasteiger partial charge in [0.25, 0.3) is 0 Å². The predicted molar refractivity (Wildman–Crippen MR) is 334 cm³/mol. The van der Waals surface area contributed by atoms with Crippen LogP contribution in [0.1, 0.15) is 56.6 Å². The van der Waals surface area contributed by atoms with E-state index in [-0.39, 0.29) is 28.6 Å². The van der Waals surface area contributed by atoms with Gasteiger partial charge in [0.05, 0.1) is 0 Å². The molecule has 12 aromatic carbocycles. The number of nitrogens with zero attached hydrogens (tertiary/aromatic N) is 2. The Kier molecular flexibility index (Phi) is 15.8. The fourth-order valence-corrected chi connectivity index (χ4v) is 11.6. The Hall–Kier alpha value is -8.85. The normalized spacial score (nSPS) is 13.4. The average Bonchev–Trinajstić information content (AvgIpc) is 2.23. The third kappa shape index (κ3) is 13.0. The van der Waals surface area contributed by atoms with Gasteiger partial charge in [-0.25, -0.2) is 0 Å². The van der Waals surface area contributed by atoms with Gasteiger partial charge in [-0.1, -0.05) is 241 Å². The molecule has 0 aliphatic carbocycles. The zero-order valence-corrected chi connectivity index (χ0v) is 48.2. The second-order valence-electron chi connectivity index (χ2n) is 21.2. The monoisotopic (exact) mass is 1180 g/mol. The Morgan fingerprint density at radius 1 is 0.345 bits per heavy atom. The van der Waals surface area contributed by atoms with E-state index in [1.807, 2.05) is 61.0 Å². The molecule has 0 fully saturated rings. The summed E-state index contributed by atoms with van der Waals surface area (Å²) in [4.78, 5) is 11.2. The van der Waals surface area contributed by atoms with Crippen molar-refractivity contribution < 1.29 is 52.5 Å². The summed E-state index contributed by atoms with van der Waals surface area (Å²) in [5.74, 6) is 0.303. The van der Waals surface area contributed by atoms with Crippen molar-refractivity contribution >= 4 is 63.3 Å². The first-order chi connectivity index (χ1) is 39.6. The minimum absolute atomic E-state index is 0. The van der Waals surface area contributed by atoms with Gasteiger partial charge < -0.3 is 10.2 Å². The average molecular weight is 1180 g/mol. The van der Waals surface area contributed by atoms with Gasteiger partial charge in [-0.3, -0.25) is 9.98 Å². The zero-order chi connectivity index (χ0) is 58.3. The molecule has 0 heterocycles. The van der Waals surface area contributed by atoms with Crippen molar-refractivity contribution in [2.75, 3.05) is 0 Å². The minimum atomic E-state index is -10.7. The van der Waals surface area contributed by atoms with Crippen LogP contribution in [0.3, 0.4) is 0 Å². The van der Waals surface area contributed by atoms with Crippen LogP contribution in [0.25, 0.3) is 87.6 Å². The van der Waals surface area contributed by atoms with E-state index in [0.29, 0.717) is 11.1 Å². The molecular formula is C72H56F6MnN2O2P-. The fourth-order valence-electron chi connectivity index (χ4n) is 11.6. The molecule has 12 rings (SSSR count). The van der Waals surface area contributed by atoms with E-state index in [4.69, 9.17) is 9.98 Å². The van der Waals surface area contributed by atoms with Crippen molar-refractivity contribution in [2.45, 2.75) is 39.8 Å². The molecule has 0 amide bonds. The van der Waals surface area contributed by atoms with Crippen LogP contribution in [0, 0.1) is 27.7 Å². The Morgan fingerprint density at radius 3 is 0.964 bits per heavy atom. The predicted octanol–water partition coefficient (Wildman–Crippen LogP) is 22.0. The second-order valence-corrected chi connectivity index (χ2v) is 23.1. The molecule has 2 N–H and O–H groups in total. The third-order valence-corrected chi connectivity index (χ3v) is 14.8. The van der Waals surface area contributed by atoms with E-state index in [2.05, 4.69) is 210 Å². The molecule has 0 bridgehead atoms. The van der Waals surface area contributed by atoms with Gasteiger partial charge in [-0.05, 0) is 116 Å². The molecule has 0 saturated heterocycles. The summed E-state index contributed by atoms with van der Waals surface area (Å²) in [6.07, 6.45) is 3.70. The number of aryl methyl sites for hydroxylation is 4. The maximum atomic E-state index is 13.0. The van der Waals surface area contributed by atoms with E-state index in [1.165, 1.54) is 0 Å². The summed E-state index contributed by atoms with van der Waals surface area (Å²) in [5, 5.41) is 34.1. The van der Waals surface area contributed by atoms with Gasteiger partial charge >= 0.3 is 33.0 Å². The molecule has 12 heteroatoms. The fraction of sp³-hybridized carbons (Fsp3) is 0.0833. The zero-order valence-electron chi connectivity index (χ0n) is 46.1. The number of fused-ring (bicyclic) bond motifs is 4. The van der Waals surface area contributed by atoms with Gasteiger partial charge in [0.15, 0.2) is 0 Å². The van der Waals surface area contributed by atoms with Crippen LogP contribution in [0.4, 0.5) is 25.2 Å². The largest absolute Gasteiger partial charge is 0 e. The van der Waals surface area contributed by atoms with Crippen LogP contribution in [0.15, 0.2) is 241 Å². The minimum Gasteiger partial charge on any atom is 0 e. The van der Waals surface area contributed by atoms with Crippen molar-refractivity contribution in [3.8, 4) is 56.0 Å². The number of phenols is 2. The summed E-state index contributed by atoms with van der Waals surface area (Å²) in [5.41, 5.74) is 15.2. The van der Waals surface area contributed by atoms with Gasteiger partial charge in [0.1, 0.15) is 23.6 Å². The first kappa shape index (κ1) is 58.3. The topological polar surface area (TPSA) is 65.2 Å². The Labute approximate surface area is 493 Å². The molecule has 0 saturated carbocycles. The molecule has 4 nitrogen and oxygen atoms in total. The molecule has 84 heavy (non-hydrogen) atoms. The number of hydrogen-bond acceptors (Lipinski definition) is 4. The summed E-state index contributed by atoms with van der Waals surface area (Å²) in [7, 11) is -10.7. The van der Waals surface area contributed by atoms with E-state index in [0.717, 1.165) is 121 Å². The van der Waals surface area contributed by atoms with Crippen LogP contribution in [-0.4, -0.2) is 22.6 Å². The van der Waals surface area contributed by atoms with E-state index in [1.54, 1.807) is 0 Å². The molecule has 0 aliphatic heterocycles. The quantitative estimate of drug-likeness (QED) is 0.0587. The standard InChI is InChI=1S/C72H56N2O2.F6P.Mn/c1-45-35-46(2)38-55(37-45)69(73-43-57-41-53-25-13-17-29-61(53)67(71(57)75)65-59-27-15-11-23-51(59)31-33-63(65)49-19-7-5-8-20-49)70(56-39-47(3)36-48(4)40-56)74-44-58-42-54-26-14-18-30-62(54)68(72(58)76)66-60-28-16-12-24-52(60)32-34-64(66)50-21-9-6-10-22-50;1-7(2,3,4,5)6;/h5-44,69-70,75-76H,1-4H3;;/q;-1;/t69-,70-;;/m0../s1. The summed E-state index contributed by atoms with van der Waals surface area (Å²) in [6, 6.07) is 79.0. The molecule has 1 radical (unpaired) electrons. The molecule has 0 aromatic heterocycles. The Balaban J connectivity index is 0.000000926. The van der Waals surface area contributed by atoms with Crippen molar-refractivity contribution in [1.29, 1.82) is 0 Å². The molecule has 0 unspecified atom stereocenters. The van der Waals surface area contributed by atoms with Crippen molar-refractivity contribution in [3.63, 3.8) is 0 Å². The molecular weight excluding hydrogens is 1120 g/mol. The van der Waals surface area contributed by atoms with Crippen LogP contribution >= 0.6 is 7.81 Å². The SMILES string of the molecule is Cc1cc(C)cc([C@H](N=Cc2cc3ccccc3c(-c3c(-c4ccccc4)ccc4ccccc34)c2O)[C@@H](N=Cc2cc3ccccc3c(-c3c(-c4ccccc4)ccc4ccccc34)c2O)c2cc(C)cc(C)c2)c1.F[P-](F)(F)(F)(F)F.[Mn]. The molecule has 0 aliphatic rings. The summed E-state index contributed by atoms with van der Waals surface area (Å²) >= 11 is 0. The number of aromatic hydroxyl groups is 2. The number of hydrogen-bond donors (Lipinski definition) is 2. The maximum absolute atomic E-state index is 13.0.